The maximum Gasteiger partial charge on any atom is 0.310 e. The monoisotopic (exact) mass is 611 g/mol. The summed E-state index contributed by atoms with van der Waals surface area (Å²) in [6.45, 7) is 5.53. The molecule has 2 fully saturated rings. The van der Waals surface area contributed by atoms with Crippen LogP contribution < -0.4 is 18.9 Å². The number of fused-ring (bicyclic) bond motifs is 3. The number of hydrazine groups is 1. The number of esters is 1. The highest BCUT2D eigenvalue weighted by molar-refractivity contribution is 5.85. The van der Waals surface area contributed by atoms with Crippen molar-refractivity contribution < 1.29 is 33.6 Å². The minimum atomic E-state index is -0.379. The number of hydrogen-bond donors (Lipinski definition) is 1. The topological polar surface area (TPSA) is 93.2 Å². The van der Waals surface area contributed by atoms with E-state index in [9.17, 15) is 9.90 Å². The van der Waals surface area contributed by atoms with E-state index in [0.717, 1.165) is 61.6 Å². The van der Waals surface area contributed by atoms with Gasteiger partial charge in [-0.05, 0) is 60.3 Å². The van der Waals surface area contributed by atoms with Crippen LogP contribution in [-0.4, -0.2) is 100 Å². The van der Waals surface area contributed by atoms with Crippen LogP contribution in [0.5, 0.6) is 28.7 Å². The summed E-state index contributed by atoms with van der Waals surface area (Å²) < 4.78 is 28.2. The summed E-state index contributed by atoms with van der Waals surface area (Å²) in [5.74, 6) is 1.15. The average Bonchev–Trinajstić information content (AvgIpc) is 3.56. The van der Waals surface area contributed by atoms with Gasteiger partial charge in [-0.2, -0.15) is 0 Å². The zero-order valence-corrected chi connectivity index (χ0v) is 25.5. The van der Waals surface area contributed by atoms with Crippen molar-refractivity contribution in [3.05, 3.63) is 41.0 Å². The Morgan fingerprint density at radius 2 is 1.56 bits per heavy atom. The SMILES string of the molecule is COc1cc([C@@H]2c3cc4c(cc3[C@@H](CCN(C)N3CCN(C)CC3)C3COC(=O)[C@@H]32)OCO4)cc(OC)c1O.Cl.Cl. The lowest BCUT2D eigenvalue weighted by Crippen LogP contribution is -2.51. The molecule has 4 aliphatic rings. The lowest BCUT2D eigenvalue weighted by Gasteiger charge is -2.42. The van der Waals surface area contributed by atoms with Gasteiger partial charge in [0.05, 0.1) is 26.7 Å². The van der Waals surface area contributed by atoms with Gasteiger partial charge in [0.1, 0.15) is 0 Å². The number of rotatable bonds is 7. The summed E-state index contributed by atoms with van der Waals surface area (Å²) in [7, 11) is 7.32. The predicted octanol–water partition coefficient (Wildman–Crippen LogP) is 3.48. The quantitative estimate of drug-likeness (QED) is 0.469. The number of phenolic OH excluding ortho intramolecular Hbond substituents is 1. The fraction of sp³-hybridized carbons (Fsp3) is 0.552. The van der Waals surface area contributed by atoms with Gasteiger partial charge in [-0.15, -0.1) is 24.8 Å². The van der Waals surface area contributed by atoms with Crippen LogP contribution in [0.4, 0.5) is 0 Å². The van der Waals surface area contributed by atoms with Crippen LogP contribution in [0.2, 0.25) is 0 Å². The van der Waals surface area contributed by atoms with E-state index in [4.69, 9.17) is 23.7 Å². The first-order valence-electron chi connectivity index (χ1n) is 13.6. The summed E-state index contributed by atoms with van der Waals surface area (Å²) >= 11 is 0. The Hall–Kier alpha value is -2.63. The van der Waals surface area contributed by atoms with Crippen LogP contribution in [0.25, 0.3) is 0 Å². The first kappa shape index (κ1) is 31.3. The van der Waals surface area contributed by atoms with Crippen molar-refractivity contribution in [1.82, 2.24) is 14.9 Å². The van der Waals surface area contributed by atoms with Gasteiger partial charge in [-0.25, -0.2) is 10.0 Å². The molecule has 0 amide bonds. The molecular formula is C29H39Cl2N3O7. The van der Waals surface area contributed by atoms with Crippen molar-refractivity contribution in [2.75, 3.05) is 74.4 Å². The van der Waals surface area contributed by atoms with Crippen LogP contribution in [0.15, 0.2) is 24.3 Å². The molecule has 1 unspecified atom stereocenters. The third-order valence-electron chi connectivity index (χ3n) is 8.93. The number of cyclic esters (lactones) is 1. The van der Waals surface area contributed by atoms with Gasteiger partial charge in [-0.1, -0.05) is 0 Å². The van der Waals surface area contributed by atoms with Crippen molar-refractivity contribution in [2.45, 2.75) is 18.3 Å². The molecule has 12 heteroatoms. The highest BCUT2D eigenvalue weighted by Crippen LogP contribution is 2.57. The molecular weight excluding hydrogens is 573 g/mol. The highest BCUT2D eigenvalue weighted by Gasteiger charge is 2.52. The van der Waals surface area contributed by atoms with Crippen molar-refractivity contribution in [1.29, 1.82) is 0 Å². The predicted molar refractivity (Wildman–Crippen MR) is 157 cm³/mol. The molecule has 0 bridgehead atoms. The number of likely N-dealkylation sites (N-methyl/N-ethyl adjacent to an activating group) is 1. The van der Waals surface area contributed by atoms with Crippen LogP contribution in [0.3, 0.4) is 0 Å². The zero-order valence-electron chi connectivity index (χ0n) is 23.8. The normalized spacial score (nSPS) is 25.0. The van der Waals surface area contributed by atoms with E-state index in [0.29, 0.717) is 23.9 Å². The van der Waals surface area contributed by atoms with E-state index in [1.165, 1.54) is 14.2 Å². The second kappa shape index (κ2) is 12.7. The van der Waals surface area contributed by atoms with Crippen molar-refractivity contribution in [2.24, 2.45) is 11.8 Å². The second-order valence-electron chi connectivity index (χ2n) is 10.9. The van der Waals surface area contributed by atoms with Gasteiger partial charge in [0.15, 0.2) is 23.0 Å². The maximum atomic E-state index is 13.4. The Balaban J connectivity index is 0.00000194. The molecule has 3 aliphatic heterocycles. The van der Waals surface area contributed by atoms with Crippen LogP contribution in [-0.2, 0) is 9.53 Å². The number of halogens is 2. The van der Waals surface area contributed by atoms with Gasteiger partial charge in [-0.3, -0.25) is 4.79 Å². The zero-order chi connectivity index (χ0) is 27.3. The smallest absolute Gasteiger partial charge is 0.310 e. The number of phenols is 1. The van der Waals surface area contributed by atoms with Crippen molar-refractivity contribution in [3.63, 3.8) is 0 Å². The molecule has 2 saturated heterocycles. The maximum absolute atomic E-state index is 13.4. The van der Waals surface area contributed by atoms with E-state index in [1.807, 2.05) is 6.07 Å². The largest absolute Gasteiger partial charge is 0.502 e. The Kier molecular flexibility index (Phi) is 9.70. The van der Waals surface area contributed by atoms with Gasteiger partial charge in [0.2, 0.25) is 12.5 Å². The number of piperazine rings is 1. The Labute approximate surface area is 253 Å². The number of carbonyl (C=O) groups excluding carboxylic acids is 1. The standard InChI is InChI=1S/C29H37N3O7.2ClH/c1-30-7-9-32(10-8-30)31(2)6-5-18-19-13-22-23(39-16-38-22)14-20(19)26(27-21(18)15-37-29(27)34)17-11-24(35-3)28(33)25(12-17)36-4;;/h11-14,18,21,26-27,33H,5-10,15-16H2,1-4H3;2*1H/t18-,21?,26-,27+;;/m1../s1. The lowest BCUT2D eigenvalue weighted by molar-refractivity contribution is -0.141. The van der Waals surface area contributed by atoms with E-state index >= 15 is 0 Å². The molecule has 1 aliphatic carbocycles. The molecule has 226 valence electrons. The molecule has 10 nitrogen and oxygen atoms in total. The van der Waals surface area contributed by atoms with Crippen molar-refractivity contribution in [3.8, 4) is 28.7 Å². The summed E-state index contributed by atoms with van der Waals surface area (Å²) in [5, 5.41) is 15.3. The Bertz CT molecular complexity index is 1230. The number of hydrogen-bond acceptors (Lipinski definition) is 10. The molecule has 6 rings (SSSR count). The number of benzene rings is 2. The van der Waals surface area contributed by atoms with Crippen molar-refractivity contribution >= 4 is 30.8 Å². The third kappa shape index (κ3) is 5.60. The van der Waals surface area contributed by atoms with E-state index in [2.05, 4.69) is 35.1 Å². The fourth-order valence-corrected chi connectivity index (χ4v) is 6.75. The molecule has 2 aromatic carbocycles. The highest BCUT2D eigenvalue weighted by atomic mass is 35.5. The van der Waals surface area contributed by atoms with Gasteiger partial charge in [0.25, 0.3) is 0 Å². The van der Waals surface area contributed by atoms with Crippen LogP contribution in [0.1, 0.15) is 34.9 Å². The first-order chi connectivity index (χ1) is 18.9. The average molecular weight is 613 g/mol. The molecule has 41 heavy (non-hydrogen) atoms. The van der Waals surface area contributed by atoms with Gasteiger partial charge >= 0.3 is 5.97 Å². The second-order valence-corrected chi connectivity index (χ2v) is 10.9. The molecule has 4 atom stereocenters. The Morgan fingerprint density at radius 1 is 0.951 bits per heavy atom. The molecule has 1 N–H and O–H groups in total. The number of methoxy groups -OCH3 is 2. The fourth-order valence-electron chi connectivity index (χ4n) is 6.75. The molecule has 2 aromatic rings. The number of nitrogens with zero attached hydrogens (tertiary/aromatic N) is 3. The summed E-state index contributed by atoms with van der Waals surface area (Å²) in [6, 6.07) is 7.70. The minimum absolute atomic E-state index is 0. The summed E-state index contributed by atoms with van der Waals surface area (Å²) in [6.07, 6.45) is 0.877. The first-order valence-corrected chi connectivity index (χ1v) is 13.6. The van der Waals surface area contributed by atoms with E-state index in [1.54, 1.807) is 12.1 Å². The van der Waals surface area contributed by atoms with Gasteiger partial charge < -0.3 is 33.7 Å². The Morgan fingerprint density at radius 3 is 2.17 bits per heavy atom. The number of aromatic hydroxyl groups is 1. The molecule has 0 radical (unpaired) electrons. The molecule has 0 saturated carbocycles. The minimum Gasteiger partial charge on any atom is -0.502 e. The molecule has 3 heterocycles. The van der Waals surface area contributed by atoms with Crippen LogP contribution in [0, 0.1) is 11.8 Å². The van der Waals surface area contributed by atoms with Crippen LogP contribution >= 0.6 is 24.8 Å². The van der Waals surface area contributed by atoms with E-state index in [-0.39, 0.29) is 67.0 Å². The lowest BCUT2D eigenvalue weighted by atomic mass is 9.62. The molecule has 0 spiro atoms. The van der Waals surface area contributed by atoms with Gasteiger partial charge in [0, 0.05) is 51.6 Å². The number of ether oxygens (including phenoxy) is 5. The number of carbonyl (C=O) groups is 1. The molecule has 0 aromatic heterocycles. The summed E-state index contributed by atoms with van der Waals surface area (Å²) in [4.78, 5) is 15.7. The van der Waals surface area contributed by atoms with E-state index < -0.39 is 0 Å². The summed E-state index contributed by atoms with van der Waals surface area (Å²) in [5.41, 5.74) is 2.99. The third-order valence-corrected chi connectivity index (χ3v) is 8.93.